The number of carbonyl (C=O) groups is 1. The number of aromatic nitrogens is 2. The maximum Gasteiger partial charge on any atom is 0.169 e. The number of aromatic amines is 1. The molecule has 122 valence electrons. The van der Waals surface area contributed by atoms with E-state index in [4.69, 9.17) is 27.6 Å². The molecule has 1 atom stereocenters. The van der Waals surface area contributed by atoms with Crippen molar-refractivity contribution < 1.29 is 9.21 Å². The summed E-state index contributed by atoms with van der Waals surface area (Å²) in [4.78, 5) is 12.6. The van der Waals surface area contributed by atoms with Crippen LogP contribution in [0.15, 0.2) is 41.0 Å². The van der Waals surface area contributed by atoms with Gasteiger partial charge in [-0.25, -0.2) is 0 Å². The topological polar surface area (TPSA) is 70.9 Å². The Morgan fingerprint density at radius 2 is 2.08 bits per heavy atom. The summed E-state index contributed by atoms with van der Waals surface area (Å²) in [6.07, 6.45) is 2.71. The van der Waals surface area contributed by atoms with Crippen LogP contribution in [-0.4, -0.2) is 16.0 Å². The number of rotatable bonds is 3. The van der Waals surface area contributed by atoms with Crippen LogP contribution < -0.4 is 5.32 Å². The fourth-order valence-corrected chi connectivity index (χ4v) is 3.29. The quantitative estimate of drug-likeness (QED) is 0.690. The number of fused-ring (bicyclic) bond motifs is 1. The normalized spacial score (nSPS) is 16.9. The Bertz CT molecular complexity index is 903. The lowest BCUT2D eigenvalue weighted by atomic mass is 9.85. The van der Waals surface area contributed by atoms with Crippen molar-refractivity contribution in [1.29, 1.82) is 0 Å². The van der Waals surface area contributed by atoms with Gasteiger partial charge in [0.05, 0.1) is 21.9 Å². The van der Waals surface area contributed by atoms with E-state index >= 15 is 0 Å². The van der Waals surface area contributed by atoms with E-state index in [1.165, 1.54) is 0 Å². The summed E-state index contributed by atoms with van der Waals surface area (Å²) in [6.45, 7) is 0. The minimum Gasteiger partial charge on any atom is -0.469 e. The molecule has 0 fully saturated rings. The van der Waals surface area contributed by atoms with Gasteiger partial charge < -0.3 is 9.73 Å². The number of H-pyrrole nitrogens is 1. The molecule has 7 heteroatoms. The second-order valence-electron chi connectivity index (χ2n) is 5.72. The number of ketones is 1. The minimum atomic E-state index is 0.0361. The van der Waals surface area contributed by atoms with Crippen LogP contribution in [0.25, 0.3) is 0 Å². The van der Waals surface area contributed by atoms with Crippen LogP contribution in [0.3, 0.4) is 0 Å². The fraction of sp³-hybridized carbons (Fsp3) is 0.176. The van der Waals surface area contributed by atoms with Gasteiger partial charge in [0.25, 0.3) is 0 Å². The van der Waals surface area contributed by atoms with Gasteiger partial charge in [-0.3, -0.25) is 9.89 Å². The highest BCUT2D eigenvalue weighted by molar-refractivity contribution is 6.42. The molecule has 0 aliphatic heterocycles. The molecule has 0 amide bonds. The van der Waals surface area contributed by atoms with Gasteiger partial charge in [0.2, 0.25) is 0 Å². The zero-order chi connectivity index (χ0) is 16.7. The van der Waals surface area contributed by atoms with Crippen molar-refractivity contribution in [3.63, 3.8) is 0 Å². The van der Waals surface area contributed by atoms with E-state index in [0.717, 1.165) is 17.1 Å². The Balaban J connectivity index is 1.62. The molecule has 2 heterocycles. The van der Waals surface area contributed by atoms with Crippen molar-refractivity contribution in [3.8, 4) is 0 Å². The lowest BCUT2D eigenvalue weighted by Crippen LogP contribution is -2.18. The summed E-state index contributed by atoms with van der Waals surface area (Å²) >= 11 is 11.9. The zero-order valence-corrected chi connectivity index (χ0v) is 14.0. The van der Waals surface area contributed by atoms with E-state index in [0.29, 0.717) is 34.3 Å². The van der Waals surface area contributed by atoms with Crippen molar-refractivity contribution in [2.45, 2.75) is 18.8 Å². The van der Waals surface area contributed by atoms with Crippen molar-refractivity contribution >= 4 is 40.5 Å². The first-order valence-electron chi connectivity index (χ1n) is 7.47. The molecule has 1 aromatic carbocycles. The SMILES string of the molecule is O=C1CC(c2ccco2)Cc2[nH]nc(Nc3ccc(Cl)c(Cl)c3)c21. The third-order valence-corrected chi connectivity index (χ3v) is 4.87. The molecule has 4 rings (SSSR count). The zero-order valence-electron chi connectivity index (χ0n) is 12.5. The minimum absolute atomic E-state index is 0.0361. The van der Waals surface area contributed by atoms with Gasteiger partial charge in [-0.1, -0.05) is 23.2 Å². The van der Waals surface area contributed by atoms with Crippen LogP contribution in [0.2, 0.25) is 10.0 Å². The Kier molecular flexibility index (Phi) is 3.82. The number of benzene rings is 1. The Morgan fingerprint density at radius 3 is 2.83 bits per heavy atom. The third kappa shape index (κ3) is 2.70. The molecule has 3 aromatic rings. The summed E-state index contributed by atoms with van der Waals surface area (Å²) in [5.41, 5.74) is 2.14. The van der Waals surface area contributed by atoms with E-state index in [9.17, 15) is 4.79 Å². The average molecular weight is 362 g/mol. The van der Waals surface area contributed by atoms with E-state index in [1.54, 1.807) is 24.5 Å². The second kappa shape index (κ2) is 6.00. The van der Waals surface area contributed by atoms with E-state index < -0.39 is 0 Å². The van der Waals surface area contributed by atoms with Gasteiger partial charge in [-0.05, 0) is 30.3 Å². The van der Waals surface area contributed by atoms with Crippen molar-refractivity contribution in [1.82, 2.24) is 10.2 Å². The maximum absolute atomic E-state index is 12.6. The van der Waals surface area contributed by atoms with Crippen LogP contribution in [0.4, 0.5) is 11.5 Å². The van der Waals surface area contributed by atoms with Gasteiger partial charge in [0.1, 0.15) is 5.76 Å². The molecule has 24 heavy (non-hydrogen) atoms. The largest absolute Gasteiger partial charge is 0.469 e. The number of halogens is 2. The summed E-state index contributed by atoms with van der Waals surface area (Å²) in [6, 6.07) is 8.91. The highest BCUT2D eigenvalue weighted by Crippen LogP contribution is 2.36. The first kappa shape index (κ1) is 15.3. The molecule has 0 saturated heterocycles. The van der Waals surface area contributed by atoms with E-state index in [2.05, 4.69) is 15.5 Å². The number of nitrogens with zero attached hydrogens (tertiary/aromatic N) is 1. The number of nitrogens with one attached hydrogen (secondary N) is 2. The van der Waals surface area contributed by atoms with Gasteiger partial charge in [0, 0.05) is 30.1 Å². The van der Waals surface area contributed by atoms with Crippen LogP contribution in [0.5, 0.6) is 0 Å². The highest BCUT2D eigenvalue weighted by Gasteiger charge is 2.32. The van der Waals surface area contributed by atoms with Crippen LogP contribution in [0, 0.1) is 0 Å². The van der Waals surface area contributed by atoms with Gasteiger partial charge in [0.15, 0.2) is 11.6 Å². The lowest BCUT2D eigenvalue weighted by molar-refractivity contribution is 0.0961. The molecule has 0 saturated carbocycles. The van der Waals surface area contributed by atoms with Crippen LogP contribution >= 0.6 is 23.2 Å². The molecular formula is C17H13Cl2N3O2. The van der Waals surface area contributed by atoms with E-state index in [1.807, 2.05) is 12.1 Å². The molecule has 2 N–H and O–H groups in total. The van der Waals surface area contributed by atoms with Gasteiger partial charge in [-0.15, -0.1) is 0 Å². The standard InChI is InChI=1S/C17H13Cl2N3O2/c18-11-4-3-10(8-12(11)19)20-17-16-13(21-22-17)6-9(7-14(16)23)15-2-1-5-24-15/h1-5,8-9H,6-7H2,(H2,20,21,22). The monoisotopic (exact) mass is 361 g/mol. The lowest BCUT2D eigenvalue weighted by Gasteiger charge is -2.19. The summed E-state index contributed by atoms with van der Waals surface area (Å²) in [5.74, 6) is 1.40. The Hall–Kier alpha value is -2.24. The fourth-order valence-electron chi connectivity index (χ4n) is 3.00. The smallest absolute Gasteiger partial charge is 0.169 e. The second-order valence-corrected chi connectivity index (χ2v) is 6.54. The molecule has 0 radical (unpaired) electrons. The number of carbonyl (C=O) groups excluding carboxylic acids is 1. The predicted molar refractivity (Wildman–Crippen MR) is 92.4 cm³/mol. The number of hydrogen-bond acceptors (Lipinski definition) is 4. The number of anilines is 2. The predicted octanol–water partition coefficient (Wildman–Crippen LogP) is 4.97. The molecule has 2 aromatic heterocycles. The number of hydrogen-bond donors (Lipinski definition) is 2. The van der Waals surface area contributed by atoms with Crippen molar-refractivity contribution in [2.24, 2.45) is 0 Å². The highest BCUT2D eigenvalue weighted by atomic mass is 35.5. The first-order valence-corrected chi connectivity index (χ1v) is 8.23. The number of furan rings is 1. The number of Topliss-reactive ketones (excluding diaryl/α,β-unsaturated/α-hetero) is 1. The molecule has 0 bridgehead atoms. The average Bonchev–Trinajstić information content (AvgIpc) is 3.21. The van der Waals surface area contributed by atoms with Crippen LogP contribution in [0.1, 0.15) is 34.2 Å². The molecule has 1 unspecified atom stereocenters. The molecule has 5 nitrogen and oxygen atoms in total. The van der Waals surface area contributed by atoms with E-state index in [-0.39, 0.29) is 11.7 Å². The molecule has 0 spiro atoms. The van der Waals surface area contributed by atoms with Gasteiger partial charge in [-0.2, -0.15) is 5.10 Å². The van der Waals surface area contributed by atoms with Gasteiger partial charge >= 0.3 is 0 Å². The summed E-state index contributed by atoms with van der Waals surface area (Å²) in [7, 11) is 0. The van der Waals surface area contributed by atoms with Crippen molar-refractivity contribution in [2.75, 3.05) is 5.32 Å². The molecular weight excluding hydrogens is 349 g/mol. The Labute approximate surface area is 148 Å². The Morgan fingerprint density at radius 1 is 1.21 bits per heavy atom. The summed E-state index contributed by atoms with van der Waals surface area (Å²) in [5, 5.41) is 11.3. The summed E-state index contributed by atoms with van der Waals surface area (Å²) < 4.78 is 5.43. The van der Waals surface area contributed by atoms with Crippen LogP contribution in [-0.2, 0) is 6.42 Å². The third-order valence-electron chi connectivity index (χ3n) is 4.13. The maximum atomic E-state index is 12.6. The van der Waals surface area contributed by atoms with Crippen molar-refractivity contribution in [3.05, 3.63) is 63.7 Å². The molecule has 1 aliphatic rings. The molecule has 1 aliphatic carbocycles. The first-order chi connectivity index (χ1) is 11.6.